The minimum Gasteiger partial charge on any atom is -0.466 e. The van der Waals surface area contributed by atoms with Crippen LogP contribution in [0.3, 0.4) is 0 Å². The fourth-order valence-electron chi connectivity index (χ4n) is 5.33. The molecule has 3 heterocycles. The fraction of sp³-hybridized carbons (Fsp3) is 0.351. The normalized spacial score (nSPS) is 12.1. The van der Waals surface area contributed by atoms with E-state index < -0.39 is 42.1 Å². The number of hydrogen-bond acceptors (Lipinski definition) is 9. The van der Waals surface area contributed by atoms with Crippen LogP contribution >= 0.6 is 0 Å². The maximum Gasteiger partial charge on any atom is 0.408 e. The summed E-state index contributed by atoms with van der Waals surface area (Å²) in [5, 5.41) is 13.4. The number of carbonyl (C=O) groups excluding carboxylic acids is 4. The van der Waals surface area contributed by atoms with Gasteiger partial charge in [0, 0.05) is 18.1 Å². The van der Waals surface area contributed by atoms with Crippen LogP contribution in [0.5, 0.6) is 5.88 Å². The van der Waals surface area contributed by atoms with Crippen LogP contribution in [0.2, 0.25) is 0 Å². The maximum absolute atomic E-state index is 13.6. The Morgan fingerprint density at radius 1 is 1.00 bits per heavy atom. The van der Waals surface area contributed by atoms with Crippen molar-refractivity contribution in [2.24, 2.45) is 5.92 Å². The Morgan fingerprint density at radius 3 is 2.44 bits per heavy atom. The molecule has 0 saturated heterocycles. The first kappa shape index (κ1) is 37.3. The molecule has 5 rings (SSSR count). The molecule has 0 spiro atoms. The zero-order valence-electron chi connectivity index (χ0n) is 29.9. The van der Waals surface area contributed by atoms with Crippen molar-refractivity contribution in [2.75, 3.05) is 23.8 Å². The van der Waals surface area contributed by atoms with E-state index in [2.05, 4.69) is 26.0 Å². The van der Waals surface area contributed by atoms with Gasteiger partial charge in [0.1, 0.15) is 17.5 Å². The van der Waals surface area contributed by atoms with Gasteiger partial charge in [0.2, 0.25) is 11.8 Å². The monoisotopic (exact) mass is 715 g/mol. The lowest BCUT2D eigenvalue weighted by Crippen LogP contribution is -2.46. The molecule has 274 valence electrons. The van der Waals surface area contributed by atoms with E-state index in [1.165, 1.54) is 18.3 Å². The Bertz CT molecular complexity index is 2080. The highest BCUT2D eigenvalue weighted by atomic mass is 19.1. The predicted molar refractivity (Wildman–Crippen MR) is 192 cm³/mol. The molecule has 14 nitrogen and oxygen atoms in total. The highest BCUT2D eigenvalue weighted by molar-refractivity contribution is 5.99. The summed E-state index contributed by atoms with van der Waals surface area (Å²) in [6, 6.07) is 13.5. The Labute approximate surface area is 299 Å². The number of fused-ring (bicyclic) bond motifs is 2. The predicted octanol–water partition coefficient (Wildman–Crippen LogP) is 5.94. The van der Waals surface area contributed by atoms with Crippen LogP contribution in [-0.2, 0) is 25.6 Å². The molecule has 15 heteroatoms. The first-order valence-corrected chi connectivity index (χ1v) is 16.8. The van der Waals surface area contributed by atoms with Crippen molar-refractivity contribution >= 4 is 51.8 Å². The van der Waals surface area contributed by atoms with E-state index in [1.54, 1.807) is 85.4 Å². The van der Waals surface area contributed by atoms with Crippen molar-refractivity contribution in [3.63, 3.8) is 0 Å². The standard InChI is InChI=1S/C37H42FN7O7/c1-7-50-35(48)29-20-44-16-8-9-27(32(44)41-29)40-31(46)21-51-34-26-18-25(14-15-30(26)45(43-34)19-23-10-12-24(38)13-11-23)39-33(47)28(17-22(2)3)42-36(49)52-37(4,5)6/h8-16,18,20,22,28H,7,17,19,21H2,1-6H3,(H,39,47)(H,40,46)(H,42,49). The van der Waals surface area contributed by atoms with E-state index in [-0.39, 0.29) is 36.5 Å². The van der Waals surface area contributed by atoms with E-state index in [9.17, 15) is 23.6 Å². The lowest BCUT2D eigenvalue weighted by atomic mass is 10.0. The third-order valence-corrected chi connectivity index (χ3v) is 7.53. The van der Waals surface area contributed by atoms with E-state index in [4.69, 9.17) is 14.2 Å². The summed E-state index contributed by atoms with van der Waals surface area (Å²) >= 11 is 0. The number of hydrogen-bond donors (Lipinski definition) is 3. The van der Waals surface area contributed by atoms with Gasteiger partial charge in [-0.25, -0.2) is 19.0 Å². The average molecular weight is 716 g/mol. The third kappa shape index (κ3) is 9.62. The van der Waals surface area contributed by atoms with Crippen molar-refractivity contribution < 1.29 is 37.8 Å². The number of alkyl carbamates (subject to hydrolysis) is 1. The number of pyridine rings is 1. The minimum absolute atomic E-state index is 0.0871. The molecule has 0 aliphatic heterocycles. The van der Waals surface area contributed by atoms with Gasteiger partial charge in [-0.1, -0.05) is 26.0 Å². The summed E-state index contributed by atoms with van der Waals surface area (Å²) in [6.45, 7) is 10.8. The van der Waals surface area contributed by atoms with E-state index in [1.807, 2.05) is 13.8 Å². The molecule has 1 atom stereocenters. The van der Waals surface area contributed by atoms with Crippen LogP contribution in [0.1, 0.15) is 64.0 Å². The van der Waals surface area contributed by atoms with Gasteiger partial charge in [0.05, 0.1) is 29.7 Å². The van der Waals surface area contributed by atoms with E-state index in [0.29, 0.717) is 34.3 Å². The van der Waals surface area contributed by atoms with Gasteiger partial charge < -0.3 is 34.6 Å². The number of ether oxygens (including phenoxy) is 3. The molecular weight excluding hydrogens is 673 g/mol. The van der Waals surface area contributed by atoms with Crippen LogP contribution in [0.15, 0.2) is 67.0 Å². The summed E-state index contributed by atoms with van der Waals surface area (Å²) in [4.78, 5) is 55.7. The molecule has 0 saturated carbocycles. The van der Waals surface area contributed by atoms with Crippen molar-refractivity contribution in [3.05, 3.63) is 84.1 Å². The van der Waals surface area contributed by atoms with Crippen LogP contribution in [-0.4, -0.2) is 67.9 Å². The third-order valence-electron chi connectivity index (χ3n) is 7.53. The van der Waals surface area contributed by atoms with E-state index in [0.717, 1.165) is 5.56 Å². The smallest absolute Gasteiger partial charge is 0.408 e. The number of nitrogens with one attached hydrogen (secondary N) is 3. The summed E-state index contributed by atoms with van der Waals surface area (Å²) in [5.41, 5.74) is 1.83. The van der Waals surface area contributed by atoms with E-state index >= 15 is 0 Å². The Balaban J connectivity index is 1.38. The topological polar surface area (TPSA) is 167 Å². The second-order valence-electron chi connectivity index (χ2n) is 13.5. The lowest BCUT2D eigenvalue weighted by molar-refractivity contribution is -0.119. The Morgan fingerprint density at radius 2 is 1.75 bits per heavy atom. The van der Waals surface area contributed by atoms with Gasteiger partial charge in [0.15, 0.2) is 17.9 Å². The summed E-state index contributed by atoms with van der Waals surface area (Å²) < 4.78 is 33.2. The molecule has 0 aliphatic carbocycles. The highest BCUT2D eigenvalue weighted by Crippen LogP contribution is 2.29. The van der Waals surface area contributed by atoms with Gasteiger partial charge in [-0.3, -0.25) is 14.3 Å². The van der Waals surface area contributed by atoms with Crippen molar-refractivity contribution in [1.29, 1.82) is 0 Å². The molecule has 3 amide bonds. The molecule has 1 unspecified atom stereocenters. The molecule has 0 aliphatic rings. The molecular formula is C37H42FN7O7. The largest absolute Gasteiger partial charge is 0.466 e. The quantitative estimate of drug-likeness (QED) is 0.125. The van der Waals surface area contributed by atoms with Crippen molar-refractivity contribution in [3.8, 4) is 5.88 Å². The van der Waals surface area contributed by atoms with Crippen LogP contribution in [0.4, 0.5) is 20.6 Å². The molecule has 52 heavy (non-hydrogen) atoms. The molecule has 0 fully saturated rings. The SMILES string of the molecule is CCOC(=O)c1cn2cccc(NC(=O)COc3nn(Cc4ccc(F)cc4)c4ccc(NC(=O)C(CC(C)C)NC(=O)OC(C)(C)C)cc34)c2n1. The van der Waals surface area contributed by atoms with Gasteiger partial charge >= 0.3 is 12.1 Å². The van der Waals surface area contributed by atoms with Gasteiger partial charge in [-0.15, -0.1) is 5.10 Å². The first-order valence-electron chi connectivity index (χ1n) is 16.8. The molecule has 0 radical (unpaired) electrons. The summed E-state index contributed by atoms with van der Waals surface area (Å²) in [6.07, 6.45) is 2.85. The van der Waals surface area contributed by atoms with Gasteiger partial charge in [0.25, 0.3) is 5.91 Å². The minimum atomic E-state index is -0.876. The molecule has 2 aromatic carbocycles. The second-order valence-corrected chi connectivity index (χ2v) is 13.5. The molecule has 0 bridgehead atoms. The van der Waals surface area contributed by atoms with Crippen LogP contribution in [0, 0.1) is 11.7 Å². The first-order chi connectivity index (χ1) is 24.7. The van der Waals surface area contributed by atoms with Crippen molar-refractivity contribution in [2.45, 2.75) is 66.2 Å². The Hall–Kier alpha value is -5.99. The van der Waals surface area contributed by atoms with Gasteiger partial charge in [-0.2, -0.15) is 0 Å². The molecule has 3 aromatic heterocycles. The number of amides is 3. The number of carbonyl (C=O) groups is 4. The molecule has 5 aromatic rings. The number of benzene rings is 2. The van der Waals surface area contributed by atoms with Crippen LogP contribution < -0.4 is 20.7 Å². The van der Waals surface area contributed by atoms with Gasteiger partial charge in [-0.05, 0) is 88.1 Å². The number of halogens is 1. The summed E-state index contributed by atoms with van der Waals surface area (Å²) in [7, 11) is 0. The maximum atomic E-state index is 13.6. The zero-order valence-corrected chi connectivity index (χ0v) is 29.9. The average Bonchev–Trinajstić information content (AvgIpc) is 3.66. The number of nitrogens with zero attached hydrogens (tertiary/aromatic N) is 4. The summed E-state index contributed by atoms with van der Waals surface area (Å²) in [5.74, 6) is -1.73. The number of rotatable bonds is 13. The fourth-order valence-corrected chi connectivity index (χ4v) is 5.33. The number of anilines is 2. The second kappa shape index (κ2) is 15.9. The van der Waals surface area contributed by atoms with Crippen molar-refractivity contribution in [1.82, 2.24) is 24.5 Å². The molecule has 3 N–H and O–H groups in total. The Kier molecular flexibility index (Phi) is 11.4. The number of imidazole rings is 1. The zero-order chi connectivity index (χ0) is 37.6. The number of aromatic nitrogens is 4. The lowest BCUT2D eigenvalue weighted by Gasteiger charge is -2.24. The van der Waals surface area contributed by atoms with Crippen LogP contribution in [0.25, 0.3) is 16.6 Å². The number of esters is 1. The highest BCUT2D eigenvalue weighted by Gasteiger charge is 2.26.